The molecule has 1 aromatic carbocycles. The number of aromatic nitrogens is 4. The van der Waals surface area contributed by atoms with E-state index < -0.39 is 17.7 Å². The minimum Gasteiger partial charge on any atom is -0.487 e. The summed E-state index contributed by atoms with van der Waals surface area (Å²) in [5, 5.41) is 13.6. The second-order valence-corrected chi connectivity index (χ2v) is 7.60. The smallest absolute Gasteiger partial charge is 0.346 e. The SMILES string of the molecule is N#Cc1ncccc1O[C@H]1C[C@H](n2nc3n(c2=O)[C@H](c2cc(F)cc(F)c2)CC3)C1. The Hall–Kier alpha value is -3.54. The second-order valence-electron chi connectivity index (χ2n) is 7.60. The van der Waals surface area contributed by atoms with Crippen molar-refractivity contribution < 1.29 is 13.5 Å². The van der Waals surface area contributed by atoms with E-state index in [2.05, 4.69) is 10.1 Å². The summed E-state index contributed by atoms with van der Waals surface area (Å²) in [5.41, 5.74) is 0.382. The van der Waals surface area contributed by atoms with E-state index in [1.807, 2.05) is 6.07 Å². The van der Waals surface area contributed by atoms with Crippen LogP contribution in [0.1, 0.15) is 48.4 Å². The Bertz CT molecular complexity index is 1200. The lowest BCUT2D eigenvalue weighted by Gasteiger charge is -2.34. The highest BCUT2D eigenvalue weighted by Gasteiger charge is 2.38. The maximum absolute atomic E-state index is 13.6. The van der Waals surface area contributed by atoms with E-state index >= 15 is 0 Å². The second kappa shape index (κ2) is 7.06. The lowest BCUT2D eigenvalue weighted by Crippen LogP contribution is -2.41. The summed E-state index contributed by atoms with van der Waals surface area (Å²) in [4.78, 5) is 17.0. The molecule has 7 nitrogen and oxygen atoms in total. The number of fused-ring (bicyclic) bond motifs is 1. The summed E-state index contributed by atoms with van der Waals surface area (Å²) < 4.78 is 36.1. The fraction of sp³-hybridized carbons (Fsp3) is 0.333. The number of pyridine rings is 1. The van der Waals surface area contributed by atoms with Crippen LogP contribution in [0.25, 0.3) is 0 Å². The topological polar surface area (TPSA) is 85.7 Å². The predicted molar refractivity (Wildman–Crippen MR) is 101 cm³/mol. The first-order valence-electron chi connectivity index (χ1n) is 9.71. The number of aryl methyl sites for hydroxylation is 1. The highest BCUT2D eigenvalue weighted by Crippen LogP contribution is 2.36. The highest BCUT2D eigenvalue weighted by molar-refractivity contribution is 5.36. The molecule has 9 heteroatoms. The van der Waals surface area contributed by atoms with Crippen molar-refractivity contribution in [2.75, 3.05) is 0 Å². The summed E-state index contributed by atoms with van der Waals surface area (Å²) in [6, 6.07) is 8.20. The Morgan fingerprint density at radius 1 is 1.20 bits per heavy atom. The molecule has 152 valence electrons. The van der Waals surface area contributed by atoms with Crippen LogP contribution in [0.2, 0.25) is 0 Å². The quantitative estimate of drug-likeness (QED) is 0.661. The van der Waals surface area contributed by atoms with Gasteiger partial charge in [-0.25, -0.2) is 23.2 Å². The molecule has 0 unspecified atom stereocenters. The molecule has 5 rings (SSSR count). The lowest BCUT2D eigenvalue weighted by atomic mass is 9.89. The van der Waals surface area contributed by atoms with E-state index in [0.717, 1.165) is 6.07 Å². The van der Waals surface area contributed by atoms with Crippen molar-refractivity contribution in [3.05, 3.63) is 75.7 Å². The van der Waals surface area contributed by atoms with E-state index in [-0.39, 0.29) is 23.5 Å². The molecule has 0 amide bonds. The molecule has 1 aliphatic carbocycles. The average molecular weight is 409 g/mol. The zero-order valence-corrected chi connectivity index (χ0v) is 15.8. The third kappa shape index (κ3) is 3.05. The molecule has 1 fully saturated rings. The van der Waals surface area contributed by atoms with Gasteiger partial charge in [-0.3, -0.25) is 4.57 Å². The number of nitrogens with zero attached hydrogens (tertiary/aromatic N) is 5. The summed E-state index contributed by atoms with van der Waals surface area (Å²) in [5.74, 6) is -0.274. The first kappa shape index (κ1) is 18.5. The van der Waals surface area contributed by atoms with Crippen molar-refractivity contribution >= 4 is 0 Å². The molecule has 0 saturated heterocycles. The van der Waals surface area contributed by atoms with Crippen LogP contribution in [-0.4, -0.2) is 25.4 Å². The molecule has 1 saturated carbocycles. The zero-order valence-electron chi connectivity index (χ0n) is 15.8. The monoisotopic (exact) mass is 409 g/mol. The van der Waals surface area contributed by atoms with Crippen LogP contribution in [-0.2, 0) is 6.42 Å². The van der Waals surface area contributed by atoms with Gasteiger partial charge in [0.1, 0.15) is 29.6 Å². The van der Waals surface area contributed by atoms with Crippen LogP contribution in [0, 0.1) is 23.0 Å². The minimum atomic E-state index is -0.662. The van der Waals surface area contributed by atoms with Gasteiger partial charge in [-0.1, -0.05) is 0 Å². The fourth-order valence-electron chi connectivity index (χ4n) is 4.22. The van der Waals surface area contributed by atoms with Crippen molar-refractivity contribution in [2.24, 2.45) is 0 Å². The van der Waals surface area contributed by atoms with Gasteiger partial charge in [-0.2, -0.15) is 10.4 Å². The number of nitriles is 1. The van der Waals surface area contributed by atoms with Crippen LogP contribution >= 0.6 is 0 Å². The minimum absolute atomic E-state index is 0.118. The molecular weight excluding hydrogens is 392 g/mol. The lowest BCUT2D eigenvalue weighted by molar-refractivity contribution is 0.0617. The molecule has 1 atom stereocenters. The largest absolute Gasteiger partial charge is 0.487 e. The van der Waals surface area contributed by atoms with Gasteiger partial charge in [0.25, 0.3) is 0 Å². The standard InChI is InChI=1S/C21H17F2N5O2/c22-13-6-12(7-14(23)8-13)18-3-4-20-26-28(21(29)27(18)20)15-9-16(10-15)30-19-2-1-5-25-17(19)11-24/h1-2,5-8,15-16,18H,3-4,9-10H2/t15-,16-,18-/m0/s1. The highest BCUT2D eigenvalue weighted by atomic mass is 19.1. The van der Waals surface area contributed by atoms with E-state index in [9.17, 15) is 13.6 Å². The first-order chi connectivity index (χ1) is 14.5. The van der Waals surface area contributed by atoms with Gasteiger partial charge in [-0.05, 0) is 36.2 Å². The molecular formula is C21H17F2N5O2. The molecule has 0 N–H and O–H groups in total. The van der Waals surface area contributed by atoms with Gasteiger partial charge in [0.15, 0.2) is 11.4 Å². The van der Waals surface area contributed by atoms with Crippen molar-refractivity contribution in [1.82, 2.24) is 19.3 Å². The maximum Gasteiger partial charge on any atom is 0.346 e. The Balaban J connectivity index is 1.34. The number of rotatable bonds is 4. The summed E-state index contributed by atoms with van der Waals surface area (Å²) >= 11 is 0. The zero-order chi connectivity index (χ0) is 20.8. The van der Waals surface area contributed by atoms with Crippen LogP contribution < -0.4 is 10.4 Å². The Morgan fingerprint density at radius 2 is 1.97 bits per heavy atom. The molecule has 30 heavy (non-hydrogen) atoms. The van der Waals surface area contributed by atoms with E-state index in [1.165, 1.54) is 27.6 Å². The Labute approximate surface area is 170 Å². The van der Waals surface area contributed by atoms with Crippen molar-refractivity contribution in [3.63, 3.8) is 0 Å². The fourth-order valence-corrected chi connectivity index (χ4v) is 4.22. The van der Waals surface area contributed by atoms with Gasteiger partial charge >= 0.3 is 5.69 Å². The van der Waals surface area contributed by atoms with Gasteiger partial charge in [0.05, 0.1) is 12.1 Å². The van der Waals surface area contributed by atoms with Gasteiger partial charge in [0.2, 0.25) is 0 Å². The summed E-state index contributed by atoms with van der Waals surface area (Å²) in [6.45, 7) is 0. The molecule has 0 spiro atoms. The molecule has 3 aromatic rings. The normalized spacial score (nSPS) is 22.2. The third-order valence-corrected chi connectivity index (χ3v) is 5.71. The number of benzene rings is 1. The number of hydrogen-bond acceptors (Lipinski definition) is 5. The van der Waals surface area contributed by atoms with Crippen LogP contribution in [0.3, 0.4) is 0 Å². The average Bonchev–Trinajstić information content (AvgIpc) is 3.24. The predicted octanol–water partition coefficient (Wildman–Crippen LogP) is 2.91. The molecule has 0 bridgehead atoms. The van der Waals surface area contributed by atoms with Crippen molar-refractivity contribution in [1.29, 1.82) is 5.26 Å². The van der Waals surface area contributed by atoms with E-state index in [0.29, 0.717) is 42.8 Å². The van der Waals surface area contributed by atoms with Gasteiger partial charge in [-0.15, -0.1) is 0 Å². The summed E-state index contributed by atoms with van der Waals surface area (Å²) in [7, 11) is 0. The molecule has 3 heterocycles. The van der Waals surface area contributed by atoms with Gasteiger partial charge in [0, 0.05) is 31.5 Å². The van der Waals surface area contributed by atoms with Crippen LogP contribution in [0.15, 0.2) is 41.3 Å². The molecule has 1 aliphatic heterocycles. The molecule has 0 radical (unpaired) electrons. The molecule has 2 aliphatic rings. The van der Waals surface area contributed by atoms with Crippen LogP contribution in [0.5, 0.6) is 5.75 Å². The van der Waals surface area contributed by atoms with Crippen molar-refractivity contribution in [2.45, 2.75) is 43.9 Å². The van der Waals surface area contributed by atoms with Gasteiger partial charge < -0.3 is 4.74 Å². The molecule has 2 aromatic heterocycles. The summed E-state index contributed by atoms with van der Waals surface area (Å²) in [6.07, 6.45) is 3.70. The van der Waals surface area contributed by atoms with Crippen molar-refractivity contribution in [3.8, 4) is 11.8 Å². The number of hydrogen-bond donors (Lipinski definition) is 0. The maximum atomic E-state index is 13.6. The Morgan fingerprint density at radius 3 is 2.70 bits per heavy atom. The number of halogens is 2. The Kier molecular flexibility index (Phi) is 4.35. The number of ether oxygens (including phenoxy) is 1. The third-order valence-electron chi connectivity index (χ3n) is 5.71. The first-order valence-corrected chi connectivity index (χ1v) is 9.71. The van der Waals surface area contributed by atoms with E-state index in [4.69, 9.17) is 10.00 Å². The van der Waals surface area contributed by atoms with Crippen LogP contribution in [0.4, 0.5) is 8.78 Å². The van der Waals surface area contributed by atoms with E-state index in [1.54, 1.807) is 12.1 Å².